The maximum Gasteiger partial charge on any atom is 0.0940 e. The third kappa shape index (κ3) is 5.60. The fourth-order valence-electron chi connectivity index (χ4n) is 1.84. The van der Waals surface area contributed by atoms with Gasteiger partial charge in [-0.15, -0.1) is 0 Å². The first kappa shape index (κ1) is 12.3. The summed E-state index contributed by atoms with van der Waals surface area (Å²) in [6, 6.07) is 0.441. The molecule has 86 valence electrons. The van der Waals surface area contributed by atoms with Gasteiger partial charge in [-0.2, -0.15) is 0 Å². The SMILES string of the molecule is CC(C)C/C=C\C[C@H]1CCCCC(N)=N1. The highest BCUT2D eigenvalue weighted by Gasteiger charge is 2.09. The molecule has 0 radical (unpaired) electrons. The van der Waals surface area contributed by atoms with Crippen molar-refractivity contribution in [1.82, 2.24) is 0 Å². The lowest BCUT2D eigenvalue weighted by Crippen LogP contribution is -2.13. The van der Waals surface area contributed by atoms with E-state index in [0.29, 0.717) is 6.04 Å². The average molecular weight is 208 g/mol. The van der Waals surface area contributed by atoms with Crippen molar-refractivity contribution < 1.29 is 0 Å². The largest absolute Gasteiger partial charge is 0.387 e. The van der Waals surface area contributed by atoms with Gasteiger partial charge >= 0.3 is 0 Å². The highest BCUT2D eigenvalue weighted by atomic mass is 14.9. The summed E-state index contributed by atoms with van der Waals surface area (Å²) in [4.78, 5) is 4.54. The monoisotopic (exact) mass is 208 g/mol. The van der Waals surface area contributed by atoms with Crippen molar-refractivity contribution in [3.63, 3.8) is 0 Å². The maximum atomic E-state index is 5.80. The molecule has 0 saturated heterocycles. The van der Waals surface area contributed by atoms with Crippen LogP contribution in [0.15, 0.2) is 17.1 Å². The summed E-state index contributed by atoms with van der Waals surface area (Å²) in [5.74, 6) is 1.61. The minimum absolute atomic E-state index is 0.441. The molecule has 0 saturated carbocycles. The Hall–Kier alpha value is -0.790. The third-order valence-electron chi connectivity index (χ3n) is 2.75. The van der Waals surface area contributed by atoms with E-state index >= 15 is 0 Å². The standard InChI is InChI=1S/C13H24N2/c1-11(2)7-3-4-8-12-9-5-6-10-13(14)15-12/h3-4,11-12H,5-10H2,1-2H3,(H2,14,15)/b4-3-/t12-/m0/s1. The molecular weight excluding hydrogens is 184 g/mol. The molecule has 0 fully saturated rings. The van der Waals surface area contributed by atoms with Crippen molar-refractivity contribution in [2.24, 2.45) is 16.6 Å². The Kier molecular flexibility index (Phi) is 5.44. The van der Waals surface area contributed by atoms with Crippen LogP contribution in [0.4, 0.5) is 0 Å². The Morgan fingerprint density at radius 1 is 1.40 bits per heavy atom. The van der Waals surface area contributed by atoms with Crippen LogP contribution in [-0.4, -0.2) is 11.9 Å². The molecular formula is C13H24N2. The normalized spacial score (nSPS) is 23.1. The molecule has 0 spiro atoms. The van der Waals surface area contributed by atoms with E-state index in [0.717, 1.165) is 24.6 Å². The Labute approximate surface area is 93.7 Å². The minimum atomic E-state index is 0.441. The summed E-state index contributed by atoms with van der Waals surface area (Å²) < 4.78 is 0. The molecule has 2 N–H and O–H groups in total. The summed E-state index contributed by atoms with van der Waals surface area (Å²) in [7, 11) is 0. The van der Waals surface area contributed by atoms with Crippen molar-refractivity contribution in [2.75, 3.05) is 0 Å². The van der Waals surface area contributed by atoms with E-state index < -0.39 is 0 Å². The van der Waals surface area contributed by atoms with Gasteiger partial charge in [0, 0.05) is 6.42 Å². The molecule has 0 unspecified atom stereocenters. The zero-order valence-corrected chi connectivity index (χ0v) is 10.1. The number of nitrogens with two attached hydrogens (primary N) is 1. The summed E-state index contributed by atoms with van der Waals surface area (Å²) in [5, 5.41) is 0. The van der Waals surface area contributed by atoms with Gasteiger partial charge in [-0.05, 0) is 31.6 Å². The molecule has 2 heteroatoms. The first-order valence-corrected chi connectivity index (χ1v) is 6.15. The van der Waals surface area contributed by atoms with E-state index in [9.17, 15) is 0 Å². The molecule has 0 amide bonds. The average Bonchev–Trinajstić information content (AvgIpc) is 2.37. The minimum Gasteiger partial charge on any atom is -0.387 e. The number of aliphatic imine (C=N–C) groups is 1. The van der Waals surface area contributed by atoms with Crippen LogP contribution in [-0.2, 0) is 0 Å². The predicted octanol–water partition coefficient (Wildman–Crippen LogP) is 3.28. The Morgan fingerprint density at radius 2 is 2.20 bits per heavy atom. The van der Waals surface area contributed by atoms with E-state index in [1.807, 2.05) is 0 Å². The fourth-order valence-corrected chi connectivity index (χ4v) is 1.84. The molecule has 1 rings (SSSR count). The van der Waals surface area contributed by atoms with Crippen LogP contribution >= 0.6 is 0 Å². The molecule has 0 aromatic heterocycles. The molecule has 1 aliphatic heterocycles. The Bertz CT molecular complexity index is 229. The second-order valence-corrected chi connectivity index (χ2v) is 4.86. The number of rotatable bonds is 4. The highest BCUT2D eigenvalue weighted by molar-refractivity contribution is 5.80. The van der Waals surface area contributed by atoms with Crippen molar-refractivity contribution in [3.8, 4) is 0 Å². The topological polar surface area (TPSA) is 38.4 Å². The molecule has 1 heterocycles. The van der Waals surface area contributed by atoms with Crippen LogP contribution < -0.4 is 5.73 Å². The third-order valence-corrected chi connectivity index (χ3v) is 2.75. The maximum absolute atomic E-state index is 5.80. The first-order valence-electron chi connectivity index (χ1n) is 6.15. The fraction of sp³-hybridized carbons (Fsp3) is 0.769. The number of amidine groups is 1. The Morgan fingerprint density at radius 3 is 2.93 bits per heavy atom. The molecule has 0 bridgehead atoms. The van der Waals surface area contributed by atoms with E-state index in [1.54, 1.807) is 0 Å². The van der Waals surface area contributed by atoms with Gasteiger partial charge in [0.05, 0.1) is 11.9 Å². The van der Waals surface area contributed by atoms with Crippen molar-refractivity contribution in [3.05, 3.63) is 12.2 Å². The number of hydrogen-bond acceptors (Lipinski definition) is 2. The second-order valence-electron chi connectivity index (χ2n) is 4.86. The first-order chi connectivity index (χ1) is 7.18. The zero-order chi connectivity index (χ0) is 11.1. The number of nitrogens with zero attached hydrogens (tertiary/aromatic N) is 1. The van der Waals surface area contributed by atoms with Gasteiger partial charge in [-0.25, -0.2) is 0 Å². The van der Waals surface area contributed by atoms with Crippen LogP contribution in [0.25, 0.3) is 0 Å². The highest BCUT2D eigenvalue weighted by Crippen LogP contribution is 2.15. The van der Waals surface area contributed by atoms with Crippen LogP contribution in [0.5, 0.6) is 0 Å². The number of hydrogen-bond donors (Lipinski definition) is 1. The van der Waals surface area contributed by atoms with E-state index in [4.69, 9.17) is 5.73 Å². The van der Waals surface area contributed by atoms with Gasteiger partial charge < -0.3 is 5.73 Å². The van der Waals surface area contributed by atoms with Crippen LogP contribution in [0.3, 0.4) is 0 Å². The molecule has 0 aromatic carbocycles. The van der Waals surface area contributed by atoms with Gasteiger partial charge in [0.2, 0.25) is 0 Å². The lowest BCUT2D eigenvalue weighted by atomic mass is 10.1. The molecule has 1 atom stereocenters. The van der Waals surface area contributed by atoms with E-state index in [-0.39, 0.29) is 0 Å². The zero-order valence-electron chi connectivity index (χ0n) is 10.1. The predicted molar refractivity (Wildman–Crippen MR) is 67.1 cm³/mol. The van der Waals surface area contributed by atoms with Gasteiger partial charge in [0.15, 0.2) is 0 Å². The van der Waals surface area contributed by atoms with Crippen molar-refractivity contribution in [2.45, 2.75) is 58.4 Å². The Balaban J connectivity index is 2.30. The van der Waals surface area contributed by atoms with E-state index in [1.165, 1.54) is 25.7 Å². The van der Waals surface area contributed by atoms with Crippen molar-refractivity contribution in [1.29, 1.82) is 0 Å². The molecule has 0 aromatic rings. The van der Waals surface area contributed by atoms with Gasteiger partial charge in [0.25, 0.3) is 0 Å². The quantitative estimate of drug-likeness (QED) is 0.707. The van der Waals surface area contributed by atoms with Crippen molar-refractivity contribution >= 4 is 5.84 Å². The van der Waals surface area contributed by atoms with Crippen LogP contribution in [0.2, 0.25) is 0 Å². The lowest BCUT2D eigenvalue weighted by molar-refractivity contribution is 0.593. The molecule has 2 nitrogen and oxygen atoms in total. The smallest absolute Gasteiger partial charge is 0.0940 e. The van der Waals surface area contributed by atoms with Gasteiger partial charge in [0.1, 0.15) is 0 Å². The van der Waals surface area contributed by atoms with Gasteiger partial charge in [-0.3, -0.25) is 4.99 Å². The van der Waals surface area contributed by atoms with Crippen LogP contribution in [0.1, 0.15) is 52.4 Å². The molecule has 0 aliphatic carbocycles. The summed E-state index contributed by atoms with van der Waals surface area (Å²) in [5.41, 5.74) is 5.80. The molecule has 1 aliphatic rings. The molecule has 15 heavy (non-hydrogen) atoms. The summed E-state index contributed by atoms with van der Waals surface area (Å²) >= 11 is 0. The summed E-state index contributed by atoms with van der Waals surface area (Å²) in [6.07, 6.45) is 11.5. The second kappa shape index (κ2) is 6.65. The van der Waals surface area contributed by atoms with Crippen LogP contribution in [0, 0.1) is 5.92 Å². The van der Waals surface area contributed by atoms with E-state index in [2.05, 4.69) is 31.0 Å². The number of allylic oxidation sites excluding steroid dienone is 1. The van der Waals surface area contributed by atoms with Gasteiger partial charge in [-0.1, -0.05) is 32.4 Å². The summed E-state index contributed by atoms with van der Waals surface area (Å²) in [6.45, 7) is 4.48. The lowest BCUT2D eigenvalue weighted by Gasteiger charge is -2.07.